The molecule has 2 aromatic rings. The van der Waals surface area contributed by atoms with Crippen molar-refractivity contribution in [2.75, 3.05) is 12.4 Å². The number of aromatic nitrogens is 2. The van der Waals surface area contributed by atoms with Gasteiger partial charge < -0.3 is 19.7 Å². The van der Waals surface area contributed by atoms with Gasteiger partial charge in [-0.15, -0.1) is 0 Å². The van der Waals surface area contributed by atoms with Crippen molar-refractivity contribution in [3.05, 3.63) is 36.4 Å². The molecule has 0 aliphatic heterocycles. The molecule has 2 rings (SSSR count). The van der Waals surface area contributed by atoms with E-state index < -0.39 is 0 Å². The molecule has 17 heavy (non-hydrogen) atoms. The lowest BCUT2D eigenvalue weighted by atomic mass is 10.2. The van der Waals surface area contributed by atoms with Gasteiger partial charge in [0.2, 0.25) is 0 Å². The van der Waals surface area contributed by atoms with Gasteiger partial charge in [0.15, 0.2) is 11.5 Å². The van der Waals surface area contributed by atoms with Crippen LogP contribution in [-0.4, -0.2) is 21.8 Å². The highest BCUT2D eigenvalue weighted by molar-refractivity contribution is 5.54. The lowest BCUT2D eigenvalue weighted by Crippen LogP contribution is -2.05. The summed E-state index contributed by atoms with van der Waals surface area (Å²) in [6.45, 7) is 0.606. The summed E-state index contributed by atoms with van der Waals surface area (Å²) < 4.78 is 6.92. The molecular weight excluding hydrogens is 218 g/mol. The second-order valence-corrected chi connectivity index (χ2v) is 3.69. The minimum absolute atomic E-state index is 0.123. The van der Waals surface area contributed by atoms with E-state index in [2.05, 4.69) is 10.3 Å². The van der Waals surface area contributed by atoms with E-state index in [-0.39, 0.29) is 5.75 Å². The minimum Gasteiger partial charge on any atom is -0.504 e. The minimum atomic E-state index is 0.123. The number of rotatable bonds is 4. The average molecular weight is 233 g/mol. The fraction of sp³-hybridized carbons (Fsp3) is 0.250. The number of imidazole rings is 1. The zero-order valence-electron chi connectivity index (χ0n) is 9.84. The molecule has 0 fully saturated rings. The van der Waals surface area contributed by atoms with Crippen LogP contribution in [-0.2, 0) is 13.6 Å². The molecule has 0 spiro atoms. The number of phenols is 1. The van der Waals surface area contributed by atoms with Crippen LogP contribution in [0.3, 0.4) is 0 Å². The maximum absolute atomic E-state index is 9.62. The van der Waals surface area contributed by atoms with Crippen molar-refractivity contribution in [2.45, 2.75) is 6.54 Å². The van der Waals surface area contributed by atoms with Crippen LogP contribution >= 0.6 is 0 Å². The van der Waals surface area contributed by atoms with Gasteiger partial charge in [-0.3, -0.25) is 0 Å². The topological polar surface area (TPSA) is 59.3 Å². The molecule has 90 valence electrons. The van der Waals surface area contributed by atoms with Crippen molar-refractivity contribution in [1.29, 1.82) is 0 Å². The van der Waals surface area contributed by atoms with Gasteiger partial charge in [-0.25, -0.2) is 4.98 Å². The van der Waals surface area contributed by atoms with E-state index in [1.165, 1.54) is 7.11 Å². The van der Waals surface area contributed by atoms with Crippen LogP contribution in [0.15, 0.2) is 30.6 Å². The number of aryl methyl sites for hydroxylation is 1. The molecule has 0 aliphatic carbocycles. The van der Waals surface area contributed by atoms with Crippen molar-refractivity contribution < 1.29 is 9.84 Å². The number of aromatic hydroxyl groups is 1. The molecule has 1 heterocycles. The fourth-order valence-corrected chi connectivity index (χ4v) is 1.55. The second-order valence-electron chi connectivity index (χ2n) is 3.69. The molecule has 0 amide bonds. The van der Waals surface area contributed by atoms with Crippen LogP contribution in [0.2, 0.25) is 0 Å². The number of hydrogen-bond donors (Lipinski definition) is 2. The summed E-state index contributed by atoms with van der Waals surface area (Å²) in [4.78, 5) is 4.20. The summed E-state index contributed by atoms with van der Waals surface area (Å²) in [5.41, 5.74) is 0.825. The Morgan fingerprint density at radius 3 is 2.88 bits per heavy atom. The van der Waals surface area contributed by atoms with Crippen LogP contribution in [0.1, 0.15) is 5.82 Å². The smallest absolute Gasteiger partial charge is 0.160 e. The van der Waals surface area contributed by atoms with Gasteiger partial charge in [0.1, 0.15) is 5.82 Å². The molecular formula is C12H15N3O2. The van der Waals surface area contributed by atoms with Crippen molar-refractivity contribution in [2.24, 2.45) is 7.05 Å². The van der Waals surface area contributed by atoms with Crippen LogP contribution < -0.4 is 10.1 Å². The number of methoxy groups -OCH3 is 1. The van der Waals surface area contributed by atoms with Gasteiger partial charge in [-0.1, -0.05) is 0 Å². The zero-order valence-corrected chi connectivity index (χ0v) is 9.84. The predicted octanol–water partition coefficient (Wildman–Crippen LogP) is 1.75. The summed E-state index contributed by atoms with van der Waals surface area (Å²) in [7, 11) is 3.46. The summed E-state index contributed by atoms with van der Waals surface area (Å²) in [6, 6.07) is 5.19. The molecule has 5 nitrogen and oxygen atoms in total. The first-order valence-electron chi connectivity index (χ1n) is 5.28. The van der Waals surface area contributed by atoms with E-state index in [0.29, 0.717) is 12.3 Å². The van der Waals surface area contributed by atoms with E-state index >= 15 is 0 Å². The van der Waals surface area contributed by atoms with Crippen LogP contribution in [0.5, 0.6) is 11.5 Å². The van der Waals surface area contributed by atoms with Gasteiger partial charge in [0.05, 0.1) is 13.7 Å². The number of benzene rings is 1. The van der Waals surface area contributed by atoms with Crippen LogP contribution in [0.25, 0.3) is 0 Å². The van der Waals surface area contributed by atoms with E-state index in [1.54, 1.807) is 18.3 Å². The quantitative estimate of drug-likeness (QED) is 0.844. The molecule has 0 unspecified atom stereocenters. The molecule has 1 aromatic heterocycles. The normalized spacial score (nSPS) is 10.2. The molecule has 5 heteroatoms. The van der Waals surface area contributed by atoms with E-state index in [9.17, 15) is 5.11 Å². The Kier molecular flexibility index (Phi) is 3.18. The maximum atomic E-state index is 9.62. The Bertz CT molecular complexity index is 508. The molecule has 0 bridgehead atoms. The van der Waals surface area contributed by atoms with Gasteiger partial charge in [-0.05, 0) is 12.1 Å². The lowest BCUT2D eigenvalue weighted by molar-refractivity contribution is 0.373. The number of ether oxygens (including phenoxy) is 1. The Balaban J connectivity index is 2.05. The second kappa shape index (κ2) is 4.78. The fourth-order valence-electron chi connectivity index (χ4n) is 1.55. The maximum Gasteiger partial charge on any atom is 0.160 e. The first-order valence-corrected chi connectivity index (χ1v) is 5.28. The van der Waals surface area contributed by atoms with Crippen molar-refractivity contribution >= 4 is 5.69 Å². The van der Waals surface area contributed by atoms with Gasteiger partial charge >= 0.3 is 0 Å². The first kappa shape index (κ1) is 11.3. The molecule has 0 atom stereocenters. The molecule has 1 aromatic carbocycles. The van der Waals surface area contributed by atoms with Crippen molar-refractivity contribution in [3.63, 3.8) is 0 Å². The third-order valence-corrected chi connectivity index (χ3v) is 2.55. The van der Waals surface area contributed by atoms with Crippen LogP contribution in [0.4, 0.5) is 5.69 Å². The first-order chi connectivity index (χ1) is 8.20. The molecule has 0 saturated heterocycles. The Morgan fingerprint density at radius 2 is 2.29 bits per heavy atom. The number of nitrogens with zero attached hydrogens (tertiary/aromatic N) is 2. The standard InChI is InChI=1S/C12H15N3O2/c1-15-6-5-13-12(15)8-14-9-3-4-11(17-2)10(16)7-9/h3-7,14,16H,8H2,1-2H3. The molecule has 0 saturated carbocycles. The third kappa shape index (κ3) is 2.50. The monoisotopic (exact) mass is 233 g/mol. The van der Waals surface area contributed by atoms with Crippen molar-refractivity contribution in [1.82, 2.24) is 9.55 Å². The Labute approximate surface area is 99.7 Å². The zero-order chi connectivity index (χ0) is 12.3. The number of hydrogen-bond acceptors (Lipinski definition) is 4. The highest BCUT2D eigenvalue weighted by Gasteiger charge is 2.03. The predicted molar refractivity (Wildman–Crippen MR) is 65.2 cm³/mol. The Morgan fingerprint density at radius 1 is 1.47 bits per heavy atom. The van der Waals surface area contributed by atoms with Gasteiger partial charge in [0, 0.05) is 31.2 Å². The van der Waals surface area contributed by atoms with E-state index in [4.69, 9.17) is 4.74 Å². The number of nitrogens with one attached hydrogen (secondary N) is 1. The largest absolute Gasteiger partial charge is 0.504 e. The summed E-state index contributed by atoms with van der Waals surface area (Å²) in [6.07, 6.45) is 3.64. The summed E-state index contributed by atoms with van der Waals surface area (Å²) in [5.74, 6) is 1.52. The number of anilines is 1. The molecule has 0 radical (unpaired) electrons. The summed E-state index contributed by atoms with van der Waals surface area (Å²) in [5, 5.41) is 12.8. The van der Waals surface area contributed by atoms with Gasteiger partial charge in [-0.2, -0.15) is 0 Å². The summed E-state index contributed by atoms with van der Waals surface area (Å²) >= 11 is 0. The van der Waals surface area contributed by atoms with Gasteiger partial charge in [0.25, 0.3) is 0 Å². The Hall–Kier alpha value is -2.17. The third-order valence-electron chi connectivity index (χ3n) is 2.55. The highest BCUT2D eigenvalue weighted by atomic mass is 16.5. The molecule has 2 N–H and O–H groups in total. The number of phenolic OH excluding ortho intramolecular Hbond substituents is 1. The highest BCUT2D eigenvalue weighted by Crippen LogP contribution is 2.28. The average Bonchev–Trinajstić information content (AvgIpc) is 2.72. The SMILES string of the molecule is COc1ccc(NCc2nccn2C)cc1O. The molecule has 0 aliphatic rings. The van der Waals surface area contributed by atoms with E-state index in [0.717, 1.165) is 11.5 Å². The van der Waals surface area contributed by atoms with Crippen LogP contribution in [0, 0.1) is 0 Å². The van der Waals surface area contributed by atoms with Crippen molar-refractivity contribution in [3.8, 4) is 11.5 Å². The lowest BCUT2D eigenvalue weighted by Gasteiger charge is -2.08. The van der Waals surface area contributed by atoms with E-state index in [1.807, 2.05) is 23.9 Å².